The topological polar surface area (TPSA) is 60.5 Å². The summed E-state index contributed by atoms with van der Waals surface area (Å²) >= 11 is 0. The third kappa shape index (κ3) is 3.63. The van der Waals surface area contributed by atoms with Gasteiger partial charge in [-0.25, -0.2) is 0 Å². The first-order valence-electron chi connectivity index (χ1n) is 9.68. The predicted octanol–water partition coefficient (Wildman–Crippen LogP) is 3.52. The van der Waals surface area contributed by atoms with Crippen molar-refractivity contribution in [2.45, 2.75) is 31.8 Å². The molecule has 1 aromatic heterocycles. The summed E-state index contributed by atoms with van der Waals surface area (Å²) in [4.78, 5) is 17.4. The number of amides is 1. The zero-order valence-electron chi connectivity index (χ0n) is 15.7. The Bertz CT molecular complexity index is 839. The summed E-state index contributed by atoms with van der Waals surface area (Å²) in [5.74, 6) is 2.10. The Labute approximate surface area is 160 Å². The van der Waals surface area contributed by atoms with Gasteiger partial charge in [0.15, 0.2) is 0 Å². The van der Waals surface area contributed by atoms with Crippen LogP contribution in [0, 0.1) is 23.2 Å². The number of carbonyl (C=O) groups is 1. The summed E-state index contributed by atoms with van der Waals surface area (Å²) < 4.78 is 5.51. The maximum absolute atomic E-state index is 13.0. The minimum atomic E-state index is 0.0499. The molecule has 1 aliphatic carbocycles. The number of hydrogen-bond donors (Lipinski definition) is 0. The Kier molecular flexibility index (Phi) is 5.00. The van der Waals surface area contributed by atoms with Crippen molar-refractivity contribution in [1.82, 2.24) is 9.80 Å². The molecule has 1 saturated heterocycles. The summed E-state index contributed by atoms with van der Waals surface area (Å²) in [5.41, 5.74) is 1.15. The largest absolute Gasteiger partial charge is 0.468 e. The molecule has 0 spiro atoms. The van der Waals surface area contributed by atoms with E-state index in [4.69, 9.17) is 9.68 Å². The van der Waals surface area contributed by atoms with Crippen LogP contribution >= 0.6 is 0 Å². The van der Waals surface area contributed by atoms with Gasteiger partial charge < -0.3 is 9.32 Å². The Hall–Kier alpha value is -2.58. The molecule has 5 heteroatoms. The van der Waals surface area contributed by atoms with Crippen LogP contribution in [0.5, 0.6) is 0 Å². The van der Waals surface area contributed by atoms with E-state index < -0.39 is 0 Å². The van der Waals surface area contributed by atoms with E-state index in [1.807, 2.05) is 23.1 Å². The van der Waals surface area contributed by atoms with E-state index in [2.05, 4.69) is 18.0 Å². The molecule has 1 aliphatic heterocycles. The third-order valence-electron chi connectivity index (χ3n) is 6.14. The lowest BCUT2D eigenvalue weighted by atomic mass is 9.77. The molecule has 4 rings (SSSR count). The van der Waals surface area contributed by atoms with Gasteiger partial charge in [-0.1, -0.05) is 12.5 Å². The van der Waals surface area contributed by atoms with Gasteiger partial charge in [-0.05, 0) is 62.1 Å². The maximum Gasteiger partial charge on any atom is 0.253 e. The summed E-state index contributed by atoms with van der Waals surface area (Å²) in [6.07, 6.45) is 5.29. The normalized spacial score (nSPS) is 24.6. The van der Waals surface area contributed by atoms with Crippen molar-refractivity contribution in [3.8, 4) is 6.07 Å². The summed E-state index contributed by atoms with van der Waals surface area (Å²) in [6.45, 7) is 2.43. The van der Waals surface area contributed by atoms with Crippen LogP contribution in [-0.4, -0.2) is 41.9 Å². The first kappa shape index (κ1) is 17.8. The first-order chi connectivity index (χ1) is 13.2. The minimum Gasteiger partial charge on any atom is -0.468 e. The fourth-order valence-corrected chi connectivity index (χ4v) is 4.82. The Balaban J connectivity index is 1.47. The fourth-order valence-electron chi connectivity index (χ4n) is 4.82. The zero-order chi connectivity index (χ0) is 18.8. The van der Waals surface area contributed by atoms with Crippen LogP contribution in [0.3, 0.4) is 0 Å². The molecule has 3 atom stereocenters. The van der Waals surface area contributed by atoms with Gasteiger partial charge >= 0.3 is 0 Å². The number of carbonyl (C=O) groups excluding carboxylic acids is 1. The van der Waals surface area contributed by atoms with Crippen LogP contribution in [0.15, 0.2) is 47.1 Å². The van der Waals surface area contributed by atoms with Crippen LogP contribution in [0.2, 0.25) is 0 Å². The van der Waals surface area contributed by atoms with E-state index in [0.29, 0.717) is 29.0 Å². The summed E-state index contributed by atoms with van der Waals surface area (Å²) in [6, 6.07) is 13.6. The monoisotopic (exact) mass is 363 g/mol. The molecule has 0 N–H and O–H groups in total. The van der Waals surface area contributed by atoms with Crippen molar-refractivity contribution in [1.29, 1.82) is 5.26 Å². The first-order valence-corrected chi connectivity index (χ1v) is 9.68. The van der Waals surface area contributed by atoms with Crippen molar-refractivity contribution >= 4 is 5.91 Å². The molecule has 2 aromatic rings. The number of hydrogen-bond acceptors (Lipinski definition) is 4. The van der Waals surface area contributed by atoms with Gasteiger partial charge in [0.25, 0.3) is 5.91 Å². The third-order valence-corrected chi connectivity index (χ3v) is 6.14. The molecule has 0 bridgehead atoms. The van der Waals surface area contributed by atoms with Crippen LogP contribution in [0.1, 0.15) is 40.9 Å². The van der Waals surface area contributed by atoms with Crippen molar-refractivity contribution in [3.05, 3.63) is 59.5 Å². The molecule has 1 amide bonds. The van der Waals surface area contributed by atoms with Gasteiger partial charge in [-0.15, -0.1) is 0 Å². The molecule has 0 unspecified atom stereocenters. The van der Waals surface area contributed by atoms with Crippen molar-refractivity contribution < 1.29 is 9.21 Å². The number of benzene rings is 1. The zero-order valence-corrected chi connectivity index (χ0v) is 15.7. The lowest BCUT2D eigenvalue weighted by Crippen LogP contribution is -2.43. The average Bonchev–Trinajstić information content (AvgIpc) is 3.36. The van der Waals surface area contributed by atoms with Crippen LogP contribution in [0.25, 0.3) is 0 Å². The van der Waals surface area contributed by atoms with Crippen LogP contribution in [-0.2, 0) is 6.54 Å². The van der Waals surface area contributed by atoms with E-state index >= 15 is 0 Å². The molecule has 1 saturated carbocycles. The van der Waals surface area contributed by atoms with E-state index in [0.717, 1.165) is 25.4 Å². The molecular formula is C22H25N3O2. The van der Waals surface area contributed by atoms with E-state index in [-0.39, 0.29) is 5.91 Å². The van der Waals surface area contributed by atoms with Crippen LogP contribution < -0.4 is 0 Å². The second kappa shape index (κ2) is 7.58. The summed E-state index contributed by atoms with van der Waals surface area (Å²) in [5, 5.41) is 9.09. The highest BCUT2D eigenvalue weighted by Crippen LogP contribution is 2.39. The standard InChI is InChI=1S/C22H25N3O2/c1-24(14-19-8-4-10-27-19)21-9-3-7-18-13-25(15-20(18)21)22(26)17-6-2-5-16(11-17)12-23/h2,4-6,8,10-11,18,20-21H,3,7,9,13-15H2,1H3/t18-,20+,21+/m0/s1. The number of rotatable bonds is 4. The highest BCUT2D eigenvalue weighted by atomic mass is 16.3. The molecule has 140 valence electrons. The number of nitrogens with zero attached hydrogens (tertiary/aromatic N) is 3. The molecule has 0 radical (unpaired) electrons. The highest BCUT2D eigenvalue weighted by molar-refractivity contribution is 5.94. The second-order valence-electron chi connectivity index (χ2n) is 7.82. The van der Waals surface area contributed by atoms with E-state index in [9.17, 15) is 4.79 Å². The van der Waals surface area contributed by atoms with E-state index in [1.54, 1.807) is 24.5 Å². The van der Waals surface area contributed by atoms with Gasteiger partial charge in [-0.3, -0.25) is 9.69 Å². The quantitative estimate of drug-likeness (QED) is 0.834. The smallest absolute Gasteiger partial charge is 0.253 e. The molecule has 5 nitrogen and oxygen atoms in total. The SMILES string of the molecule is CN(Cc1ccco1)[C@@H]1CCC[C@H]2CN(C(=O)c3cccc(C#N)c3)C[C@H]21. The molecule has 2 heterocycles. The average molecular weight is 363 g/mol. The summed E-state index contributed by atoms with van der Waals surface area (Å²) in [7, 11) is 2.16. The molecule has 2 aliphatic rings. The van der Waals surface area contributed by atoms with Crippen molar-refractivity contribution in [2.75, 3.05) is 20.1 Å². The number of furan rings is 1. The molecule has 1 aromatic carbocycles. The van der Waals surface area contributed by atoms with Gasteiger partial charge in [0.1, 0.15) is 5.76 Å². The maximum atomic E-state index is 13.0. The lowest BCUT2D eigenvalue weighted by Gasteiger charge is -2.38. The predicted molar refractivity (Wildman–Crippen MR) is 102 cm³/mol. The Morgan fingerprint density at radius 2 is 2.19 bits per heavy atom. The number of nitriles is 1. The Morgan fingerprint density at radius 1 is 1.30 bits per heavy atom. The lowest BCUT2D eigenvalue weighted by molar-refractivity contribution is 0.0767. The highest BCUT2D eigenvalue weighted by Gasteiger charge is 2.43. The van der Waals surface area contributed by atoms with Crippen molar-refractivity contribution in [3.63, 3.8) is 0 Å². The minimum absolute atomic E-state index is 0.0499. The molecule has 27 heavy (non-hydrogen) atoms. The van der Waals surface area contributed by atoms with Gasteiger partial charge in [-0.2, -0.15) is 5.26 Å². The number of likely N-dealkylation sites (tertiary alicyclic amines) is 1. The van der Waals surface area contributed by atoms with Crippen LogP contribution in [0.4, 0.5) is 0 Å². The van der Waals surface area contributed by atoms with Gasteiger partial charge in [0.05, 0.1) is 24.4 Å². The Morgan fingerprint density at radius 3 is 2.96 bits per heavy atom. The van der Waals surface area contributed by atoms with E-state index in [1.165, 1.54) is 19.3 Å². The fraction of sp³-hybridized carbons (Fsp3) is 0.455. The molecular weight excluding hydrogens is 338 g/mol. The van der Waals surface area contributed by atoms with Gasteiger partial charge in [0.2, 0.25) is 0 Å². The second-order valence-corrected chi connectivity index (χ2v) is 7.82. The molecule has 2 fully saturated rings. The number of fused-ring (bicyclic) bond motifs is 1. The van der Waals surface area contributed by atoms with Gasteiger partial charge in [0, 0.05) is 24.7 Å². The van der Waals surface area contributed by atoms with Crippen molar-refractivity contribution in [2.24, 2.45) is 11.8 Å².